The molecule has 3 saturated carbocycles. The SMILES string of the molecule is CC[C@H](NC(=O)[C@@H]1CC(CC(=O)Nc2ccccc2)c2ncc(NCc3cccc(C(F)(F)F)c3)c(=O)n21)B1O[C@@H]2C[C@@H]3C[C@@H](C3(C)C)[C@]2(C)O1. The van der Waals surface area contributed by atoms with Crippen LogP contribution in [-0.2, 0) is 31.6 Å². The summed E-state index contributed by atoms with van der Waals surface area (Å²) in [6, 6.07) is 12.8. The van der Waals surface area contributed by atoms with Crippen LogP contribution < -0.4 is 21.5 Å². The van der Waals surface area contributed by atoms with Crippen molar-refractivity contribution < 1.29 is 32.1 Å². The van der Waals surface area contributed by atoms with E-state index in [-0.39, 0.29) is 48.3 Å². The smallest absolute Gasteiger partial charge is 0.404 e. The molecule has 3 N–H and O–H groups in total. The number of carbonyl (C=O) groups excluding carboxylic acids is 2. The number of anilines is 2. The summed E-state index contributed by atoms with van der Waals surface area (Å²) in [7, 11) is -0.660. The summed E-state index contributed by atoms with van der Waals surface area (Å²) in [5.74, 6) is -0.558. The van der Waals surface area contributed by atoms with Gasteiger partial charge in [0.05, 0.1) is 29.4 Å². The maximum Gasteiger partial charge on any atom is 0.481 e. The van der Waals surface area contributed by atoms with Gasteiger partial charge in [0.15, 0.2) is 0 Å². The summed E-state index contributed by atoms with van der Waals surface area (Å²) in [5, 5.41) is 8.88. The molecule has 5 aliphatic rings. The van der Waals surface area contributed by atoms with Crippen molar-refractivity contribution in [1.29, 1.82) is 0 Å². The summed E-state index contributed by atoms with van der Waals surface area (Å²) < 4.78 is 54.4. The number of benzene rings is 2. The molecule has 2 aromatic carbocycles. The van der Waals surface area contributed by atoms with E-state index in [0.717, 1.165) is 25.0 Å². The molecule has 0 radical (unpaired) electrons. The van der Waals surface area contributed by atoms with Gasteiger partial charge in [-0.05, 0) is 79.7 Å². The number of para-hydroxylation sites is 1. The Hall–Kier alpha value is -4.17. The van der Waals surface area contributed by atoms with Crippen molar-refractivity contribution in [3.63, 3.8) is 0 Å². The molecule has 4 fully saturated rings. The molecule has 0 spiro atoms. The number of nitrogens with zero attached hydrogens (tertiary/aromatic N) is 2. The molecule has 2 bridgehead atoms. The summed E-state index contributed by atoms with van der Waals surface area (Å²) in [6.45, 7) is 8.55. The van der Waals surface area contributed by atoms with E-state index in [1.165, 1.54) is 22.9 Å². The summed E-state index contributed by atoms with van der Waals surface area (Å²) in [6.07, 6.45) is -0.620. The predicted molar refractivity (Wildman–Crippen MR) is 186 cm³/mol. The van der Waals surface area contributed by atoms with Crippen molar-refractivity contribution in [2.75, 3.05) is 10.6 Å². The molecule has 3 aliphatic carbocycles. The zero-order chi connectivity index (χ0) is 36.3. The highest BCUT2D eigenvalue weighted by Crippen LogP contribution is 2.65. The fourth-order valence-electron chi connectivity index (χ4n) is 8.81. The van der Waals surface area contributed by atoms with Gasteiger partial charge >= 0.3 is 13.3 Å². The first kappa shape index (κ1) is 35.2. The number of halogens is 3. The van der Waals surface area contributed by atoms with Crippen LogP contribution in [0.2, 0.25) is 0 Å². The summed E-state index contributed by atoms with van der Waals surface area (Å²) >= 11 is 0. The third-order valence-corrected chi connectivity index (χ3v) is 11.8. The molecule has 2 aliphatic heterocycles. The van der Waals surface area contributed by atoms with Crippen molar-refractivity contribution in [1.82, 2.24) is 14.9 Å². The zero-order valence-electron chi connectivity index (χ0n) is 29.1. The average Bonchev–Trinajstić information content (AvgIpc) is 3.64. The molecule has 7 atom stereocenters. The highest BCUT2D eigenvalue weighted by molar-refractivity contribution is 6.47. The van der Waals surface area contributed by atoms with E-state index in [9.17, 15) is 27.6 Å². The van der Waals surface area contributed by atoms with Gasteiger partial charge in [-0.3, -0.25) is 19.0 Å². The van der Waals surface area contributed by atoms with Crippen LogP contribution in [-0.4, -0.2) is 46.1 Å². The standard InChI is InChI=1S/C37H43BF3N5O5/c1-5-30(38-50-29-18-24-17-28(35(24,2)3)36(29,4)51-38)45-33(48)27-15-22(16-31(47)44-25-12-7-6-8-13-25)32-43-20-26(34(49)46(27)32)42-19-21-10-9-11-23(14-21)37(39,40)41/h6-14,20,22,24,27-30,42H,5,15-19H2,1-4H3,(H,44,47)(H,45,48)/t22?,24-,27-,28-,29+,30-,36-/m0/s1. The van der Waals surface area contributed by atoms with Gasteiger partial charge in [-0.15, -0.1) is 0 Å². The van der Waals surface area contributed by atoms with Crippen LogP contribution in [0, 0.1) is 17.3 Å². The van der Waals surface area contributed by atoms with E-state index < -0.39 is 53.8 Å². The van der Waals surface area contributed by atoms with Gasteiger partial charge in [0, 0.05) is 24.6 Å². The molecule has 3 heterocycles. The minimum absolute atomic E-state index is 0.0213. The van der Waals surface area contributed by atoms with Gasteiger partial charge in [0.2, 0.25) is 11.8 Å². The topological polar surface area (TPSA) is 124 Å². The second-order valence-corrected chi connectivity index (χ2v) is 15.2. The van der Waals surface area contributed by atoms with Gasteiger partial charge < -0.3 is 25.3 Å². The second kappa shape index (κ2) is 13.1. The van der Waals surface area contributed by atoms with Crippen molar-refractivity contribution in [2.24, 2.45) is 17.3 Å². The highest BCUT2D eigenvalue weighted by atomic mass is 19.4. The third-order valence-electron chi connectivity index (χ3n) is 11.8. The zero-order valence-corrected chi connectivity index (χ0v) is 29.1. The maximum atomic E-state index is 14.2. The van der Waals surface area contributed by atoms with Crippen LogP contribution >= 0.6 is 0 Å². The van der Waals surface area contributed by atoms with Gasteiger partial charge in [-0.1, -0.05) is 51.1 Å². The van der Waals surface area contributed by atoms with E-state index in [1.807, 2.05) is 13.0 Å². The van der Waals surface area contributed by atoms with Crippen molar-refractivity contribution >= 4 is 30.3 Å². The average molecular weight is 706 g/mol. The quantitative estimate of drug-likeness (QED) is 0.218. The Morgan fingerprint density at radius 1 is 1.08 bits per heavy atom. The van der Waals surface area contributed by atoms with Gasteiger partial charge in [-0.25, -0.2) is 4.98 Å². The minimum Gasteiger partial charge on any atom is -0.404 e. The number of hydrogen-bond donors (Lipinski definition) is 3. The first-order valence-electron chi connectivity index (χ1n) is 17.7. The van der Waals surface area contributed by atoms with Crippen molar-refractivity contribution in [3.8, 4) is 0 Å². The molecule has 14 heteroatoms. The first-order valence-corrected chi connectivity index (χ1v) is 17.7. The number of aromatic nitrogens is 2. The van der Waals surface area contributed by atoms with Crippen LogP contribution in [0.3, 0.4) is 0 Å². The van der Waals surface area contributed by atoms with Crippen molar-refractivity contribution in [2.45, 2.75) is 102 Å². The number of amides is 2. The normalized spacial score (nSPS) is 27.9. The Morgan fingerprint density at radius 2 is 1.84 bits per heavy atom. The lowest BCUT2D eigenvalue weighted by atomic mass is 9.43. The van der Waals surface area contributed by atoms with Crippen LogP contribution in [0.5, 0.6) is 0 Å². The third kappa shape index (κ3) is 6.45. The van der Waals surface area contributed by atoms with Gasteiger partial charge in [0.1, 0.15) is 17.6 Å². The Labute approximate surface area is 295 Å². The van der Waals surface area contributed by atoms with Crippen LogP contribution in [0.1, 0.15) is 88.7 Å². The number of carbonyl (C=O) groups is 2. The molecule has 1 unspecified atom stereocenters. The maximum absolute atomic E-state index is 14.2. The summed E-state index contributed by atoms with van der Waals surface area (Å²) in [5.41, 5.74) is -0.696. The Kier molecular flexibility index (Phi) is 9.06. The van der Waals surface area contributed by atoms with E-state index >= 15 is 0 Å². The fourth-order valence-corrected chi connectivity index (χ4v) is 8.81. The molecule has 51 heavy (non-hydrogen) atoms. The molecule has 1 aromatic heterocycles. The predicted octanol–water partition coefficient (Wildman–Crippen LogP) is 6.09. The number of alkyl halides is 3. The minimum atomic E-state index is -4.51. The fraction of sp³-hybridized carbons (Fsp3) is 0.514. The van der Waals surface area contributed by atoms with Crippen LogP contribution in [0.25, 0.3) is 0 Å². The summed E-state index contributed by atoms with van der Waals surface area (Å²) in [4.78, 5) is 45.9. The largest absolute Gasteiger partial charge is 0.481 e. The molecule has 1 saturated heterocycles. The molecule has 2 amide bonds. The number of fused-ring (bicyclic) bond motifs is 1. The Morgan fingerprint density at radius 3 is 2.55 bits per heavy atom. The first-order chi connectivity index (χ1) is 24.2. The number of rotatable bonds is 10. The molecule has 270 valence electrons. The lowest BCUT2D eigenvalue weighted by Crippen LogP contribution is -2.65. The van der Waals surface area contributed by atoms with Crippen LogP contribution in [0.15, 0.2) is 65.6 Å². The molecule has 3 aromatic rings. The van der Waals surface area contributed by atoms with E-state index in [0.29, 0.717) is 29.5 Å². The van der Waals surface area contributed by atoms with E-state index in [4.69, 9.17) is 9.31 Å². The molecule has 8 rings (SSSR count). The number of nitrogens with one attached hydrogen (secondary N) is 3. The van der Waals surface area contributed by atoms with E-state index in [2.05, 4.69) is 41.7 Å². The second-order valence-electron chi connectivity index (χ2n) is 15.2. The van der Waals surface area contributed by atoms with Gasteiger partial charge in [-0.2, -0.15) is 13.2 Å². The molecule has 10 nitrogen and oxygen atoms in total. The van der Waals surface area contributed by atoms with Crippen molar-refractivity contribution in [3.05, 3.63) is 88.1 Å². The van der Waals surface area contributed by atoms with Crippen LogP contribution in [0.4, 0.5) is 24.5 Å². The number of hydrogen-bond acceptors (Lipinski definition) is 7. The lowest BCUT2D eigenvalue weighted by molar-refractivity contribution is -0.199. The Balaban J connectivity index is 1.12. The Bertz CT molecular complexity index is 1870. The lowest BCUT2D eigenvalue weighted by Gasteiger charge is -2.64. The molecular weight excluding hydrogens is 662 g/mol. The molecular formula is C37H43BF3N5O5. The van der Waals surface area contributed by atoms with E-state index in [1.54, 1.807) is 24.3 Å². The monoisotopic (exact) mass is 705 g/mol. The van der Waals surface area contributed by atoms with Gasteiger partial charge in [0.25, 0.3) is 5.56 Å². The highest BCUT2D eigenvalue weighted by Gasteiger charge is 2.68.